The minimum atomic E-state index is -1.99. The van der Waals surface area contributed by atoms with Gasteiger partial charge in [0.25, 0.3) is 8.32 Å². The maximum Gasteiger partial charge on any atom is 0.250 e. The summed E-state index contributed by atoms with van der Waals surface area (Å²) in [6.45, 7) is 13.1. The summed E-state index contributed by atoms with van der Waals surface area (Å²) in [6, 6.07) is 5.67. The first-order valence-electron chi connectivity index (χ1n) is 9.92. The highest BCUT2D eigenvalue weighted by atomic mass is 28.4. The lowest BCUT2D eigenvalue weighted by Gasteiger charge is -2.36. The zero-order chi connectivity index (χ0) is 20.9. The van der Waals surface area contributed by atoms with E-state index in [0.717, 1.165) is 30.6 Å². The van der Waals surface area contributed by atoms with Crippen molar-refractivity contribution in [1.82, 2.24) is 15.4 Å². The van der Waals surface area contributed by atoms with Gasteiger partial charge in [-0.25, -0.2) is 0 Å². The minimum Gasteiger partial charge on any atom is -0.541 e. The summed E-state index contributed by atoms with van der Waals surface area (Å²) >= 11 is 0. The van der Waals surface area contributed by atoms with Crippen molar-refractivity contribution >= 4 is 14.1 Å². The summed E-state index contributed by atoms with van der Waals surface area (Å²) < 4.78 is 12.0. The molecule has 0 atom stereocenters. The third-order valence-corrected chi connectivity index (χ3v) is 9.77. The fourth-order valence-electron chi connectivity index (χ4n) is 2.61. The van der Waals surface area contributed by atoms with Crippen LogP contribution in [0.3, 0.4) is 0 Å². The summed E-state index contributed by atoms with van der Waals surface area (Å²) in [5.74, 6) is 1.37. The molecule has 154 valence electrons. The molecule has 0 aliphatic rings. The van der Waals surface area contributed by atoms with E-state index in [2.05, 4.69) is 56.2 Å². The molecule has 0 saturated carbocycles. The van der Waals surface area contributed by atoms with E-state index in [1.807, 2.05) is 18.2 Å². The van der Waals surface area contributed by atoms with Gasteiger partial charge in [0.2, 0.25) is 0 Å². The monoisotopic (exact) mass is 403 g/mol. The molecule has 6 nitrogen and oxygen atoms in total. The van der Waals surface area contributed by atoms with Gasteiger partial charge in [-0.05, 0) is 42.8 Å². The van der Waals surface area contributed by atoms with Crippen molar-refractivity contribution in [3.8, 4) is 22.8 Å². The molecule has 0 saturated heterocycles. The second-order valence-corrected chi connectivity index (χ2v) is 13.4. The van der Waals surface area contributed by atoms with E-state index < -0.39 is 8.32 Å². The van der Waals surface area contributed by atoms with Crippen LogP contribution in [0.4, 0.5) is 0 Å². The van der Waals surface area contributed by atoms with Gasteiger partial charge in [-0.1, -0.05) is 40.5 Å². The molecular weight excluding hydrogens is 370 g/mol. The summed E-state index contributed by atoms with van der Waals surface area (Å²) in [5.41, 5.74) is 1.72. The predicted octanol–water partition coefficient (Wildman–Crippen LogP) is 5.63. The number of hydrogen-bond donors (Lipinski definition) is 1. The van der Waals surface area contributed by atoms with Crippen molar-refractivity contribution in [3.05, 3.63) is 23.9 Å². The van der Waals surface area contributed by atoms with Gasteiger partial charge >= 0.3 is 0 Å². The molecule has 1 heterocycles. The van der Waals surface area contributed by atoms with E-state index in [1.54, 1.807) is 7.11 Å². The van der Waals surface area contributed by atoms with Crippen LogP contribution in [0.1, 0.15) is 63.9 Å². The lowest BCUT2D eigenvalue weighted by Crippen LogP contribution is -2.43. The van der Waals surface area contributed by atoms with Gasteiger partial charge in [0.05, 0.1) is 7.11 Å². The van der Waals surface area contributed by atoms with Crippen molar-refractivity contribution < 1.29 is 14.0 Å². The third kappa shape index (κ3) is 5.01. The minimum absolute atomic E-state index is 0.0118. The Bertz CT molecular complexity index is 809. The van der Waals surface area contributed by atoms with E-state index in [0.29, 0.717) is 23.6 Å². The number of nitrogens with one attached hydrogen (secondary N) is 1. The second-order valence-electron chi connectivity index (χ2n) is 8.63. The molecule has 1 aromatic carbocycles. The lowest BCUT2D eigenvalue weighted by atomic mass is 10.0. The molecule has 0 unspecified atom stereocenters. The molecule has 0 aliphatic heterocycles. The van der Waals surface area contributed by atoms with Crippen LogP contribution in [0.15, 0.2) is 18.2 Å². The Morgan fingerprint density at radius 2 is 1.86 bits per heavy atom. The van der Waals surface area contributed by atoms with Gasteiger partial charge in [0.1, 0.15) is 11.4 Å². The fourth-order valence-corrected chi connectivity index (χ4v) is 3.63. The Morgan fingerprint density at radius 1 is 1.14 bits per heavy atom. The Hall–Kier alpha value is -2.15. The number of unbranched alkanes of at least 4 members (excludes halogenated alkanes) is 2. The van der Waals surface area contributed by atoms with Crippen LogP contribution in [-0.4, -0.2) is 36.6 Å². The molecule has 2 rings (SSSR count). The van der Waals surface area contributed by atoms with Gasteiger partial charge in [0.15, 0.2) is 17.2 Å². The number of benzene rings is 1. The van der Waals surface area contributed by atoms with E-state index in [9.17, 15) is 4.79 Å². The van der Waals surface area contributed by atoms with Crippen LogP contribution in [0, 0.1) is 0 Å². The topological polar surface area (TPSA) is 77.1 Å². The SMILES string of the molecule is CCCCCC(=O)c1n[nH]nc1-c1ccc(O[Si](C)(C)C(C)(C)C)c(OC)c1. The highest BCUT2D eigenvalue weighted by Gasteiger charge is 2.39. The van der Waals surface area contributed by atoms with Crippen molar-refractivity contribution in [1.29, 1.82) is 0 Å². The zero-order valence-corrected chi connectivity index (χ0v) is 19.2. The van der Waals surface area contributed by atoms with Crippen LogP contribution in [0.25, 0.3) is 11.3 Å². The normalized spacial score (nSPS) is 12.1. The highest BCUT2D eigenvalue weighted by molar-refractivity contribution is 6.74. The highest BCUT2D eigenvalue weighted by Crippen LogP contribution is 2.41. The predicted molar refractivity (Wildman–Crippen MR) is 115 cm³/mol. The zero-order valence-electron chi connectivity index (χ0n) is 18.2. The van der Waals surface area contributed by atoms with E-state index in [1.165, 1.54) is 0 Å². The molecule has 0 spiro atoms. The number of hydrogen-bond acceptors (Lipinski definition) is 5. The van der Waals surface area contributed by atoms with Crippen LogP contribution >= 0.6 is 0 Å². The standard InChI is InChI=1S/C21H33N3O3Si/c1-8-9-10-11-16(25)20-19(22-24-23-20)15-12-13-17(18(14-15)26-5)27-28(6,7)21(2,3)4/h12-14H,8-11H2,1-7H3,(H,22,23,24). The van der Waals surface area contributed by atoms with E-state index in [4.69, 9.17) is 9.16 Å². The van der Waals surface area contributed by atoms with Gasteiger partial charge in [-0.15, -0.1) is 0 Å². The Kier molecular flexibility index (Phi) is 7.04. The Labute approximate surface area is 169 Å². The maximum atomic E-state index is 12.5. The molecular formula is C21H33N3O3Si. The number of methoxy groups -OCH3 is 1. The van der Waals surface area contributed by atoms with Crippen molar-refractivity contribution in [3.63, 3.8) is 0 Å². The summed E-state index contributed by atoms with van der Waals surface area (Å²) in [6.07, 6.45) is 3.46. The van der Waals surface area contributed by atoms with Crippen LogP contribution in [0.2, 0.25) is 18.1 Å². The van der Waals surface area contributed by atoms with Gasteiger partial charge < -0.3 is 9.16 Å². The lowest BCUT2D eigenvalue weighted by molar-refractivity contribution is 0.0975. The summed E-state index contributed by atoms with van der Waals surface area (Å²) in [4.78, 5) is 12.5. The second kappa shape index (κ2) is 8.90. The van der Waals surface area contributed by atoms with Crippen LogP contribution in [-0.2, 0) is 0 Å². The molecule has 7 heteroatoms. The Balaban J connectivity index is 2.30. The molecule has 1 aromatic heterocycles. The molecule has 1 N–H and O–H groups in total. The summed E-state index contributed by atoms with van der Waals surface area (Å²) in [5, 5.41) is 11.0. The first kappa shape index (κ1) is 22.1. The number of carbonyl (C=O) groups is 1. The van der Waals surface area contributed by atoms with Crippen LogP contribution in [0.5, 0.6) is 11.5 Å². The number of aromatic nitrogens is 3. The van der Waals surface area contributed by atoms with Gasteiger partial charge in [-0.2, -0.15) is 15.4 Å². The fraction of sp³-hybridized carbons (Fsp3) is 0.571. The maximum absolute atomic E-state index is 12.5. The molecule has 0 bridgehead atoms. The molecule has 28 heavy (non-hydrogen) atoms. The number of H-pyrrole nitrogens is 1. The van der Waals surface area contributed by atoms with Crippen molar-refractivity contribution in [2.75, 3.05) is 7.11 Å². The number of aromatic amines is 1. The number of carbonyl (C=O) groups excluding carboxylic acids is 1. The van der Waals surface area contributed by atoms with Crippen molar-refractivity contribution in [2.45, 2.75) is 71.5 Å². The molecule has 0 radical (unpaired) electrons. The first-order valence-corrected chi connectivity index (χ1v) is 12.8. The van der Waals surface area contributed by atoms with Gasteiger partial charge in [0, 0.05) is 12.0 Å². The molecule has 0 amide bonds. The first-order chi connectivity index (χ1) is 13.1. The van der Waals surface area contributed by atoms with Crippen molar-refractivity contribution in [2.24, 2.45) is 0 Å². The van der Waals surface area contributed by atoms with E-state index >= 15 is 0 Å². The number of ketones is 1. The number of nitrogens with zero attached hydrogens (tertiary/aromatic N) is 2. The number of rotatable bonds is 9. The molecule has 0 fully saturated rings. The average molecular weight is 404 g/mol. The molecule has 0 aliphatic carbocycles. The Morgan fingerprint density at radius 3 is 2.46 bits per heavy atom. The number of ether oxygens (including phenoxy) is 1. The van der Waals surface area contributed by atoms with Crippen LogP contribution < -0.4 is 9.16 Å². The molecule has 2 aromatic rings. The summed E-state index contributed by atoms with van der Waals surface area (Å²) in [7, 11) is -0.370. The van der Waals surface area contributed by atoms with Gasteiger partial charge in [-0.3, -0.25) is 4.79 Å². The quantitative estimate of drug-likeness (QED) is 0.334. The largest absolute Gasteiger partial charge is 0.541 e. The third-order valence-electron chi connectivity index (χ3n) is 5.43. The average Bonchev–Trinajstić information content (AvgIpc) is 3.10. The number of Topliss-reactive ketones (excluding diaryl/α,β-unsaturated/α-hetero) is 1. The van der Waals surface area contributed by atoms with E-state index in [-0.39, 0.29) is 10.8 Å². The smallest absolute Gasteiger partial charge is 0.250 e.